The van der Waals surface area contributed by atoms with E-state index < -0.39 is 14.8 Å². The molecule has 1 aliphatic rings. The molecular formula is C27H26O5S. The molecule has 1 aliphatic carbocycles. The fourth-order valence-corrected chi connectivity index (χ4v) is 5.73. The van der Waals surface area contributed by atoms with Crippen LogP contribution in [-0.2, 0) is 9.84 Å². The van der Waals surface area contributed by atoms with Crippen molar-refractivity contribution >= 4 is 21.0 Å². The summed E-state index contributed by atoms with van der Waals surface area (Å²) in [6.07, 6.45) is 1.90. The number of aromatic hydroxyl groups is 2. The van der Waals surface area contributed by atoms with Crippen molar-refractivity contribution in [2.24, 2.45) is 0 Å². The molecule has 3 aromatic carbocycles. The van der Waals surface area contributed by atoms with Crippen molar-refractivity contribution in [1.29, 1.82) is 0 Å². The van der Waals surface area contributed by atoms with Gasteiger partial charge >= 0.3 is 0 Å². The first-order valence-corrected chi connectivity index (χ1v) is 12.2. The van der Waals surface area contributed by atoms with Crippen LogP contribution in [0.5, 0.6) is 11.5 Å². The second-order valence-electron chi connectivity index (χ2n) is 8.30. The van der Waals surface area contributed by atoms with Gasteiger partial charge in [-0.3, -0.25) is 0 Å². The summed E-state index contributed by atoms with van der Waals surface area (Å²) in [5.41, 5.74) is 4.54. The monoisotopic (exact) mass is 462 g/mol. The first-order valence-electron chi connectivity index (χ1n) is 10.7. The molecule has 0 radical (unpaired) electrons. The van der Waals surface area contributed by atoms with Gasteiger partial charge in [0.1, 0.15) is 11.5 Å². The normalized spacial score (nSPS) is 18.8. The molecule has 4 rings (SSSR count). The Morgan fingerprint density at radius 1 is 0.818 bits per heavy atom. The van der Waals surface area contributed by atoms with Crippen LogP contribution in [0.2, 0.25) is 0 Å². The lowest BCUT2D eigenvalue weighted by Gasteiger charge is -2.34. The number of hydrogen-bond donors (Lipinski definition) is 3. The van der Waals surface area contributed by atoms with Gasteiger partial charge in [-0.05, 0) is 83.7 Å². The lowest BCUT2D eigenvalue weighted by atomic mass is 9.81. The first-order chi connectivity index (χ1) is 15.6. The van der Waals surface area contributed by atoms with Gasteiger partial charge in [-0.2, -0.15) is 0 Å². The topological polar surface area (TPSA) is 94.8 Å². The summed E-state index contributed by atoms with van der Waals surface area (Å²) in [6, 6.07) is 19.4. The zero-order chi connectivity index (χ0) is 23.8. The highest BCUT2D eigenvalue weighted by atomic mass is 32.2. The molecule has 0 saturated heterocycles. The summed E-state index contributed by atoms with van der Waals surface area (Å²) in [6.45, 7) is 3.84. The quantitative estimate of drug-likeness (QED) is 0.483. The second-order valence-corrected chi connectivity index (χ2v) is 10.5. The Labute approximate surface area is 193 Å². The van der Waals surface area contributed by atoms with Crippen LogP contribution in [0.1, 0.15) is 36.5 Å². The van der Waals surface area contributed by atoms with Crippen molar-refractivity contribution in [2.75, 3.05) is 0 Å². The van der Waals surface area contributed by atoms with E-state index in [2.05, 4.69) is 0 Å². The largest absolute Gasteiger partial charge is 0.508 e. The van der Waals surface area contributed by atoms with Gasteiger partial charge in [-0.15, -0.1) is 0 Å². The average molecular weight is 463 g/mol. The highest BCUT2D eigenvalue weighted by molar-refractivity contribution is 7.92. The van der Waals surface area contributed by atoms with E-state index in [0.717, 1.165) is 16.7 Å². The van der Waals surface area contributed by atoms with Crippen LogP contribution in [0.4, 0.5) is 0 Å². The molecule has 5 nitrogen and oxygen atoms in total. The number of benzene rings is 3. The van der Waals surface area contributed by atoms with E-state index >= 15 is 0 Å². The van der Waals surface area contributed by atoms with Crippen LogP contribution < -0.4 is 0 Å². The maximum absolute atomic E-state index is 13.7. The third-order valence-corrected chi connectivity index (χ3v) is 8.12. The SMILES string of the molecule is CCC1=C(c2ccc(O)cc2)CC(O)(S(=O)(=O)c2ccc(C)cc2)C=C1c1ccc(O)cc1. The molecule has 0 heterocycles. The lowest BCUT2D eigenvalue weighted by molar-refractivity contribution is 0.178. The summed E-state index contributed by atoms with van der Waals surface area (Å²) >= 11 is 0. The molecule has 0 aliphatic heterocycles. The number of sulfone groups is 1. The second kappa shape index (κ2) is 8.54. The first kappa shape index (κ1) is 22.8. The van der Waals surface area contributed by atoms with E-state index in [1.54, 1.807) is 48.5 Å². The van der Waals surface area contributed by atoms with Gasteiger partial charge in [-0.1, -0.05) is 48.9 Å². The third-order valence-electron chi connectivity index (χ3n) is 6.03. The van der Waals surface area contributed by atoms with E-state index in [0.29, 0.717) is 23.1 Å². The number of hydrogen-bond acceptors (Lipinski definition) is 5. The number of aryl methyl sites for hydroxylation is 1. The standard InChI is InChI=1S/C27H26O5S/c1-3-24-25(19-6-10-21(28)11-7-19)16-27(30,17-26(24)20-8-12-22(29)13-9-20)33(31,32)23-14-4-18(2)5-15-23/h4-16,28-30H,3,17H2,1-2H3. The van der Waals surface area contributed by atoms with Crippen molar-refractivity contribution in [3.63, 3.8) is 0 Å². The van der Waals surface area contributed by atoms with Crippen molar-refractivity contribution in [3.8, 4) is 11.5 Å². The molecule has 0 saturated carbocycles. The Morgan fingerprint density at radius 3 is 1.85 bits per heavy atom. The van der Waals surface area contributed by atoms with Gasteiger partial charge < -0.3 is 15.3 Å². The van der Waals surface area contributed by atoms with E-state index in [1.807, 2.05) is 13.8 Å². The van der Waals surface area contributed by atoms with Crippen LogP contribution in [0.15, 0.2) is 89.3 Å². The predicted octanol–water partition coefficient (Wildman–Crippen LogP) is 5.22. The molecule has 3 N–H and O–H groups in total. The van der Waals surface area contributed by atoms with Crippen LogP contribution in [0.25, 0.3) is 11.1 Å². The highest BCUT2D eigenvalue weighted by Crippen LogP contribution is 2.46. The molecule has 1 unspecified atom stereocenters. The maximum Gasteiger partial charge on any atom is 0.212 e. The summed E-state index contributed by atoms with van der Waals surface area (Å²) in [7, 11) is -4.16. The molecule has 33 heavy (non-hydrogen) atoms. The van der Waals surface area contributed by atoms with Crippen molar-refractivity contribution in [1.82, 2.24) is 0 Å². The molecule has 3 aromatic rings. The van der Waals surface area contributed by atoms with Gasteiger partial charge in [0, 0.05) is 6.42 Å². The Hall–Kier alpha value is -3.35. The molecule has 0 bridgehead atoms. The highest BCUT2D eigenvalue weighted by Gasteiger charge is 2.45. The molecule has 0 fully saturated rings. The summed E-state index contributed by atoms with van der Waals surface area (Å²) < 4.78 is 27.4. The number of phenols is 2. The molecule has 170 valence electrons. The van der Waals surface area contributed by atoms with Crippen LogP contribution in [-0.4, -0.2) is 28.7 Å². The van der Waals surface area contributed by atoms with E-state index in [9.17, 15) is 23.7 Å². The molecule has 1 atom stereocenters. The number of phenolic OH excluding ortho intramolecular Hbond substituents is 2. The number of allylic oxidation sites excluding steroid dienone is 2. The fourth-order valence-electron chi connectivity index (χ4n) is 4.22. The van der Waals surface area contributed by atoms with Crippen molar-refractivity contribution in [2.45, 2.75) is 36.5 Å². The zero-order valence-electron chi connectivity index (χ0n) is 18.5. The fraction of sp³-hybridized carbons (Fsp3) is 0.185. The molecule has 0 amide bonds. The van der Waals surface area contributed by atoms with Gasteiger partial charge in [0.15, 0.2) is 4.93 Å². The Bertz CT molecular complexity index is 1330. The molecule has 0 aromatic heterocycles. The van der Waals surface area contributed by atoms with Gasteiger partial charge in [0.05, 0.1) is 4.90 Å². The number of rotatable bonds is 5. The minimum atomic E-state index is -4.16. The molecule has 0 spiro atoms. The summed E-state index contributed by atoms with van der Waals surface area (Å²) in [4.78, 5) is -2.14. The van der Waals surface area contributed by atoms with E-state index in [1.165, 1.54) is 30.3 Å². The van der Waals surface area contributed by atoms with Crippen LogP contribution >= 0.6 is 0 Å². The minimum Gasteiger partial charge on any atom is -0.508 e. The molecular weight excluding hydrogens is 436 g/mol. The van der Waals surface area contributed by atoms with Crippen molar-refractivity contribution < 1.29 is 23.7 Å². The zero-order valence-corrected chi connectivity index (χ0v) is 19.3. The Kier molecular flexibility index (Phi) is 5.91. The smallest absolute Gasteiger partial charge is 0.212 e. The van der Waals surface area contributed by atoms with Gasteiger partial charge in [-0.25, -0.2) is 8.42 Å². The average Bonchev–Trinajstić information content (AvgIpc) is 2.80. The maximum atomic E-state index is 13.7. The van der Waals surface area contributed by atoms with Gasteiger partial charge in [0.2, 0.25) is 9.84 Å². The van der Waals surface area contributed by atoms with Crippen LogP contribution in [0.3, 0.4) is 0 Å². The number of aliphatic hydroxyl groups is 1. The Balaban J connectivity index is 1.95. The van der Waals surface area contributed by atoms with E-state index in [-0.39, 0.29) is 22.8 Å². The van der Waals surface area contributed by atoms with Gasteiger partial charge in [0.25, 0.3) is 0 Å². The van der Waals surface area contributed by atoms with E-state index in [4.69, 9.17) is 0 Å². The molecule has 6 heteroatoms. The third kappa shape index (κ3) is 4.19. The van der Waals surface area contributed by atoms with Crippen molar-refractivity contribution in [3.05, 3.63) is 101 Å². The summed E-state index contributed by atoms with van der Waals surface area (Å²) in [5.74, 6) is 0.198. The predicted molar refractivity (Wildman–Crippen MR) is 129 cm³/mol. The summed E-state index contributed by atoms with van der Waals surface area (Å²) in [5, 5.41) is 31.2. The lowest BCUT2D eigenvalue weighted by Crippen LogP contribution is -2.39. The minimum absolute atomic E-state index is 0.0434. The van der Waals surface area contributed by atoms with Crippen LogP contribution in [0, 0.1) is 6.92 Å². The Morgan fingerprint density at radius 2 is 1.33 bits per heavy atom.